The molecule has 1 aliphatic rings. The van der Waals surface area contributed by atoms with Gasteiger partial charge in [-0.2, -0.15) is 5.09 Å². The molecule has 246 valence electrons. The molecule has 1 fully saturated rings. The second-order valence-electron chi connectivity index (χ2n) is 11.0. The molecule has 2 aromatic carbocycles. The topological polar surface area (TPSA) is 175 Å². The number of nitrogens with one attached hydrogen (secondary N) is 2. The standard InChI is InChI=1S/C31H35FN3O10P/c1-19(2)43-28(39)20(3)34-46(41,45-23-13-11-22(12-14-23)24(36)15-10-21-8-6-5-7-9-21)42-18-25-27(38)31(4,32)29(44-25)35-17-16-26(37)33-30(35)40/h5-17,19-20,25,27,29,38H,18H2,1-4H3,(H,34,41)(H,33,37,40)/t20-,25+,27+,29+,31+,46?/m0/s1. The largest absolute Gasteiger partial charge is 0.462 e. The number of aliphatic hydroxyl groups excluding tert-OH is 1. The van der Waals surface area contributed by atoms with Crippen LogP contribution in [0.1, 0.15) is 49.8 Å². The molecule has 3 N–H and O–H groups in total. The molecule has 6 atom stereocenters. The van der Waals surface area contributed by atoms with Crippen molar-refractivity contribution in [2.45, 2.75) is 63.9 Å². The minimum Gasteiger partial charge on any atom is -0.462 e. The van der Waals surface area contributed by atoms with Crippen LogP contribution in [-0.2, 0) is 23.4 Å². The van der Waals surface area contributed by atoms with Crippen molar-refractivity contribution in [1.29, 1.82) is 0 Å². The highest BCUT2D eigenvalue weighted by atomic mass is 31.2. The maximum Gasteiger partial charge on any atom is 0.459 e. The summed E-state index contributed by atoms with van der Waals surface area (Å²) in [5.41, 5.74) is -3.08. The fourth-order valence-corrected chi connectivity index (χ4v) is 6.00. The molecule has 3 aromatic rings. The van der Waals surface area contributed by atoms with E-state index in [0.29, 0.717) is 5.56 Å². The van der Waals surface area contributed by atoms with Gasteiger partial charge in [0.2, 0.25) is 0 Å². The summed E-state index contributed by atoms with van der Waals surface area (Å²) in [6.07, 6.45) is -1.40. The van der Waals surface area contributed by atoms with Crippen molar-refractivity contribution >= 4 is 25.6 Å². The van der Waals surface area contributed by atoms with Gasteiger partial charge in [0.25, 0.3) is 5.56 Å². The van der Waals surface area contributed by atoms with Gasteiger partial charge < -0.3 is 19.1 Å². The van der Waals surface area contributed by atoms with Crippen LogP contribution in [0.15, 0.2) is 82.5 Å². The number of hydrogen-bond acceptors (Lipinski definition) is 10. The Morgan fingerprint density at radius 2 is 1.80 bits per heavy atom. The van der Waals surface area contributed by atoms with E-state index < -0.39 is 67.8 Å². The van der Waals surface area contributed by atoms with Crippen molar-refractivity contribution in [1.82, 2.24) is 14.6 Å². The number of ether oxygens (including phenoxy) is 2. The third kappa shape index (κ3) is 8.53. The van der Waals surface area contributed by atoms with Crippen molar-refractivity contribution in [3.05, 3.63) is 105 Å². The fraction of sp³-hybridized carbons (Fsp3) is 0.355. The lowest BCUT2D eigenvalue weighted by Crippen LogP contribution is -2.43. The van der Waals surface area contributed by atoms with Crippen molar-refractivity contribution in [3.63, 3.8) is 0 Å². The first-order chi connectivity index (χ1) is 21.7. The van der Waals surface area contributed by atoms with Crippen molar-refractivity contribution in [2.24, 2.45) is 0 Å². The summed E-state index contributed by atoms with van der Waals surface area (Å²) in [7, 11) is -4.49. The first-order valence-electron chi connectivity index (χ1n) is 14.3. The van der Waals surface area contributed by atoms with Crippen LogP contribution in [-0.4, -0.2) is 63.0 Å². The van der Waals surface area contributed by atoms with E-state index in [9.17, 15) is 28.8 Å². The number of aliphatic hydroxyl groups is 1. The molecular formula is C31H35FN3O10P. The Labute approximate surface area is 263 Å². The summed E-state index contributed by atoms with van der Waals surface area (Å²) in [4.78, 5) is 50.9. The van der Waals surface area contributed by atoms with Crippen LogP contribution in [0.25, 0.3) is 6.08 Å². The summed E-state index contributed by atoms with van der Waals surface area (Å²) in [6.45, 7) is 4.91. The summed E-state index contributed by atoms with van der Waals surface area (Å²) < 4.78 is 52.3. The predicted octanol–water partition coefficient (Wildman–Crippen LogP) is 3.55. The molecular weight excluding hydrogens is 624 g/mol. The number of aromatic nitrogens is 2. The van der Waals surface area contributed by atoms with Crippen LogP contribution >= 0.6 is 7.75 Å². The predicted molar refractivity (Wildman–Crippen MR) is 165 cm³/mol. The highest BCUT2D eigenvalue weighted by Crippen LogP contribution is 2.47. The second kappa shape index (κ2) is 14.5. The van der Waals surface area contributed by atoms with Gasteiger partial charge in [-0.25, -0.2) is 13.8 Å². The molecule has 0 spiro atoms. The molecule has 0 saturated carbocycles. The zero-order valence-corrected chi connectivity index (χ0v) is 26.4. The van der Waals surface area contributed by atoms with Gasteiger partial charge in [0.1, 0.15) is 24.0 Å². The van der Waals surface area contributed by atoms with Crippen LogP contribution in [0.3, 0.4) is 0 Å². The molecule has 46 heavy (non-hydrogen) atoms. The third-order valence-electron chi connectivity index (χ3n) is 6.88. The Bertz CT molecular complexity index is 1720. The zero-order valence-electron chi connectivity index (χ0n) is 25.5. The van der Waals surface area contributed by atoms with Crippen LogP contribution in [0.4, 0.5) is 4.39 Å². The van der Waals surface area contributed by atoms with Crippen LogP contribution in [0, 0.1) is 0 Å². The monoisotopic (exact) mass is 659 g/mol. The Morgan fingerprint density at radius 3 is 2.43 bits per heavy atom. The molecule has 0 bridgehead atoms. The first-order valence-corrected chi connectivity index (χ1v) is 15.9. The van der Waals surface area contributed by atoms with Gasteiger partial charge in [0, 0.05) is 17.8 Å². The average Bonchev–Trinajstić information content (AvgIpc) is 3.23. The van der Waals surface area contributed by atoms with Crippen molar-refractivity contribution < 1.29 is 42.2 Å². The second-order valence-corrected chi connectivity index (χ2v) is 12.7. The van der Waals surface area contributed by atoms with Gasteiger partial charge in [-0.1, -0.05) is 36.4 Å². The highest BCUT2D eigenvalue weighted by molar-refractivity contribution is 7.52. The molecule has 15 heteroatoms. The Hall–Kier alpha value is -4.20. The molecule has 0 aliphatic carbocycles. The number of rotatable bonds is 13. The van der Waals surface area contributed by atoms with E-state index in [1.165, 1.54) is 37.3 Å². The number of benzene rings is 2. The summed E-state index contributed by atoms with van der Waals surface area (Å²) in [6, 6.07) is 14.6. The number of hydrogen-bond donors (Lipinski definition) is 3. The maximum atomic E-state index is 15.7. The van der Waals surface area contributed by atoms with Crippen LogP contribution in [0.5, 0.6) is 5.75 Å². The van der Waals surface area contributed by atoms with Crippen molar-refractivity contribution in [2.75, 3.05) is 6.61 Å². The number of aromatic amines is 1. The Morgan fingerprint density at radius 1 is 1.13 bits per heavy atom. The zero-order chi connectivity index (χ0) is 33.6. The maximum absolute atomic E-state index is 15.7. The first kappa shape index (κ1) is 34.7. The molecule has 0 radical (unpaired) electrons. The number of H-pyrrole nitrogens is 1. The number of nitrogens with zero attached hydrogens (tertiary/aromatic N) is 1. The van der Waals surface area contributed by atoms with Gasteiger partial charge in [-0.15, -0.1) is 0 Å². The van der Waals surface area contributed by atoms with Gasteiger partial charge >= 0.3 is 19.4 Å². The van der Waals surface area contributed by atoms with Crippen LogP contribution < -0.4 is 20.9 Å². The molecule has 0 amide bonds. The molecule has 2 heterocycles. The van der Waals surface area contributed by atoms with E-state index in [4.69, 9.17) is 18.5 Å². The molecule has 1 unspecified atom stereocenters. The Kier molecular flexibility index (Phi) is 10.9. The number of esters is 1. The lowest BCUT2D eigenvalue weighted by Gasteiger charge is -2.25. The lowest BCUT2D eigenvalue weighted by atomic mass is 9.98. The average molecular weight is 660 g/mol. The van der Waals surface area contributed by atoms with E-state index >= 15 is 4.39 Å². The minimum atomic E-state index is -4.49. The number of carbonyl (C=O) groups excluding carboxylic acids is 2. The minimum absolute atomic E-state index is 0.00950. The van der Waals surface area contributed by atoms with Crippen molar-refractivity contribution in [3.8, 4) is 5.75 Å². The number of carbonyl (C=O) groups is 2. The smallest absolute Gasteiger partial charge is 0.459 e. The van der Waals surface area contributed by atoms with Gasteiger partial charge in [0.15, 0.2) is 17.7 Å². The normalized spacial score (nSPS) is 23.2. The number of ketones is 1. The van der Waals surface area contributed by atoms with Gasteiger partial charge in [-0.05, 0) is 63.6 Å². The molecule has 4 rings (SSSR count). The third-order valence-corrected chi connectivity index (χ3v) is 8.52. The van der Waals surface area contributed by atoms with E-state index in [1.54, 1.807) is 19.9 Å². The SMILES string of the molecule is CC(C)OC(=O)[C@H](C)NP(=O)(OC[C@H]1O[C@@H](n2ccc(=O)[nH]c2=O)[C@](C)(F)[C@@H]1O)Oc1ccc(C(=O)C=Cc2ccccc2)cc1. The molecule has 1 aromatic heterocycles. The van der Waals surface area contributed by atoms with Gasteiger partial charge in [0.05, 0.1) is 12.7 Å². The summed E-state index contributed by atoms with van der Waals surface area (Å²) in [5, 5.41) is 13.2. The lowest BCUT2D eigenvalue weighted by molar-refractivity contribution is -0.149. The van der Waals surface area contributed by atoms with E-state index in [-0.39, 0.29) is 11.5 Å². The van der Waals surface area contributed by atoms with Gasteiger partial charge in [-0.3, -0.25) is 28.5 Å². The van der Waals surface area contributed by atoms with Crippen LogP contribution in [0.2, 0.25) is 0 Å². The highest BCUT2D eigenvalue weighted by Gasteiger charge is 2.56. The Balaban J connectivity index is 1.52. The van der Waals surface area contributed by atoms with E-state index in [1.807, 2.05) is 35.3 Å². The number of halogens is 1. The molecule has 13 nitrogen and oxygen atoms in total. The quantitative estimate of drug-likeness (QED) is 0.106. The molecule has 1 aliphatic heterocycles. The fourth-order valence-electron chi connectivity index (χ4n) is 4.50. The van der Waals surface area contributed by atoms with E-state index in [0.717, 1.165) is 29.3 Å². The summed E-state index contributed by atoms with van der Waals surface area (Å²) >= 11 is 0. The number of alkyl halides is 1. The number of allylic oxidation sites excluding steroid dienone is 1. The summed E-state index contributed by atoms with van der Waals surface area (Å²) in [5.74, 6) is -1.07. The van der Waals surface area contributed by atoms with E-state index in [2.05, 4.69) is 5.09 Å². The molecule has 1 saturated heterocycles.